The van der Waals surface area contributed by atoms with E-state index in [0.717, 1.165) is 5.56 Å². The summed E-state index contributed by atoms with van der Waals surface area (Å²) in [6.07, 6.45) is 0.0862. The minimum Gasteiger partial charge on any atom is -0.465 e. The molecule has 0 radical (unpaired) electrons. The van der Waals surface area contributed by atoms with Crippen LogP contribution in [0.25, 0.3) is 0 Å². The Kier molecular flexibility index (Phi) is 3.97. The highest BCUT2D eigenvalue weighted by Gasteiger charge is 2.32. The molecule has 1 aromatic heterocycles. The van der Waals surface area contributed by atoms with Crippen LogP contribution in [0.4, 0.5) is 0 Å². The van der Waals surface area contributed by atoms with Gasteiger partial charge in [0.2, 0.25) is 0 Å². The maximum Gasteiger partial charge on any atom is 0.337 e. The lowest BCUT2D eigenvalue weighted by molar-refractivity contribution is -0.135. The third-order valence-electron chi connectivity index (χ3n) is 4.35. The molecule has 2 heterocycles. The average molecular weight is 327 g/mol. The number of aromatic nitrogens is 1. The number of esters is 2. The Hall–Kier alpha value is -2.89. The van der Waals surface area contributed by atoms with Crippen molar-refractivity contribution in [2.24, 2.45) is 7.05 Å². The molecule has 124 valence electrons. The molecule has 24 heavy (non-hydrogen) atoms. The Labute approximate surface area is 138 Å². The topological polar surface area (TPSA) is 74.6 Å². The van der Waals surface area contributed by atoms with E-state index in [9.17, 15) is 14.4 Å². The molecule has 1 atom stereocenters. The summed E-state index contributed by atoms with van der Waals surface area (Å²) >= 11 is 0. The summed E-state index contributed by atoms with van der Waals surface area (Å²) in [5, 5.41) is 0. The van der Waals surface area contributed by atoms with Gasteiger partial charge in [-0.05, 0) is 24.6 Å². The first-order valence-corrected chi connectivity index (χ1v) is 7.52. The molecule has 3 rings (SSSR count). The number of carbonyl (C=O) groups excluding carboxylic acids is 2. The summed E-state index contributed by atoms with van der Waals surface area (Å²) in [5.41, 5.74) is 2.19. The van der Waals surface area contributed by atoms with Crippen LogP contribution in [0.3, 0.4) is 0 Å². The van der Waals surface area contributed by atoms with Crippen LogP contribution in [0.15, 0.2) is 35.1 Å². The molecular formula is C18H17NO5. The smallest absolute Gasteiger partial charge is 0.337 e. The van der Waals surface area contributed by atoms with E-state index >= 15 is 0 Å². The fourth-order valence-corrected chi connectivity index (χ4v) is 2.90. The first kappa shape index (κ1) is 16.0. The molecule has 0 amide bonds. The molecule has 0 spiro atoms. The third-order valence-corrected chi connectivity index (χ3v) is 4.35. The van der Waals surface area contributed by atoms with Crippen molar-refractivity contribution in [3.05, 3.63) is 63.1 Å². The van der Waals surface area contributed by atoms with E-state index in [2.05, 4.69) is 4.74 Å². The molecule has 1 aromatic carbocycles. The number of methoxy groups -OCH3 is 1. The van der Waals surface area contributed by atoms with Crippen molar-refractivity contribution in [1.82, 2.24) is 4.57 Å². The number of hydrogen-bond donors (Lipinski definition) is 0. The van der Waals surface area contributed by atoms with Gasteiger partial charge in [-0.3, -0.25) is 9.59 Å². The number of fused-ring (bicyclic) bond motifs is 1. The average Bonchev–Trinajstić information content (AvgIpc) is 2.58. The highest BCUT2D eigenvalue weighted by Crippen LogP contribution is 2.36. The van der Waals surface area contributed by atoms with Crippen LogP contribution in [0.1, 0.15) is 39.5 Å². The van der Waals surface area contributed by atoms with E-state index in [4.69, 9.17) is 4.74 Å². The van der Waals surface area contributed by atoms with Gasteiger partial charge in [-0.2, -0.15) is 0 Å². The second kappa shape index (κ2) is 5.96. The summed E-state index contributed by atoms with van der Waals surface area (Å²) in [4.78, 5) is 36.1. The minimum atomic E-state index is -0.434. The molecule has 0 aliphatic carbocycles. The van der Waals surface area contributed by atoms with Crippen LogP contribution in [-0.4, -0.2) is 23.6 Å². The zero-order valence-electron chi connectivity index (χ0n) is 13.7. The van der Waals surface area contributed by atoms with Crippen LogP contribution in [0, 0.1) is 6.92 Å². The number of benzene rings is 1. The normalized spacial score (nSPS) is 16.3. The van der Waals surface area contributed by atoms with Crippen LogP contribution in [-0.2, 0) is 16.6 Å². The van der Waals surface area contributed by atoms with Gasteiger partial charge < -0.3 is 14.0 Å². The second-order valence-electron chi connectivity index (χ2n) is 5.77. The standard InChI is InChI=1S/C18H17NO5/c1-10-8-14-16(17(21)19(10)2)13(9-15(20)24-14)11-4-6-12(7-5-11)18(22)23-3/h4-8,13H,9H2,1-3H3. The van der Waals surface area contributed by atoms with Gasteiger partial charge >= 0.3 is 11.9 Å². The number of carbonyl (C=O) groups is 2. The number of ether oxygens (including phenoxy) is 2. The molecule has 1 aliphatic rings. The van der Waals surface area contributed by atoms with Gasteiger partial charge in [-0.25, -0.2) is 4.79 Å². The second-order valence-corrected chi connectivity index (χ2v) is 5.77. The quantitative estimate of drug-likeness (QED) is 0.788. The van der Waals surface area contributed by atoms with E-state index in [-0.39, 0.29) is 17.9 Å². The summed E-state index contributed by atoms with van der Waals surface area (Å²) in [5.74, 6) is -0.894. The maximum absolute atomic E-state index is 12.6. The summed E-state index contributed by atoms with van der Waals surface area (Å²) < 4.78 is 11.5. The van der Waals surface area contributed by atoms with Gasteiger partial charge in [-0.1, -0.05) is 12.1 Å². The molecule has 0 fully saturated rings. The van der Waals surface area contributed by atoms with E-state index in [1.165, 1.54) is 11.7 Å². The molecular weight excluding hydrogens is 310 g/mol. The predicted molar refractivity (Wildman–Crippen MR) is 86.3 cm³/mol. The minimum absolute atomic E-state index is 0.0862. The predicted octanol–water partition coefficient (Wildman–Crippen LogP) is 1.92. The van der Waals surface area contributed by atoms with Crippen LogP contribution >= 0.6 is 0 Å². The first-order valence-electron chi connectivity index (χ1n) is 7.52. The molecule has 6 nitrogen and oxygen atoms in total. The van der Waals surface area contributed by atoms with Gasteiger partial charge in [0.1, 0.15) is 5.75 Å². The van der Waals surface area contributed by atoms with Gasteiger partial charge in [0.15, 0.2) is 0 Å². The monoisotopic (exact) mass is 327 g/mol. The fraction of sp³-hybridized carbons (Fsp3) is 0.278. The van der Waals surface area contributed by atoms with Crippen molar-refractivity contribution >= 4 is 11.9 Å². The Bertz CT molecular complexity index is 880. The molecule has 1 aliphatic heterocycles. The van der Waals surface area contributed by atoms with Crippen molar-refractivity contribution in [2.45, 2.75) is 19.3 Å². The van der Waals surface area contributed by atoms with Gasteiger partial charge in [0, 0.05) is 24.7 Å². The first-order chi connectivity index (χ1) is 11.4. The van der Waals surface area contributed by atoms with Crippen LogP contribution in [0.2, 0.25) is 0 Å². The summed E-state index contributed by atoms with van der Waals surface area (Å²) in [6.45, 7) is 1.78. The number of nitrogens with zero attached hydrogens (tertiary/aromatic N) is 1. The van der Waals surface area contributed by atoms with Crippen molar-refractivity contribution in [3.8, 4) is 5.75 Å². The Morgan fingerprint density at radius 2 is 1.92 bits per heavy atom. The van der Waals surface area contributed by atoms with E-state index in [1.54, 1.807) is 44.3 Å². The van der Waals surface area contributed by atoms with Crippen LogP contribution < -0.4 is 10.3 Å². The lowest BCUT2D eigenvalue weighted by Gasteiger charge is -2.25. The zero-order chi connectivity index (χ0) is 17.4. The van der Waals surface area contributed by atoms with Gasteiger partial charge in [-0.15, -0.1) is 0 Å². The number of hydrogen-bond acceptors (Lipinski definition) is 5. The van der Waals surface area contributed by atoms with Crippen molar-refractivity contribution in [1.29, 1.82) is 0 Å². The van der Waals surface area contributed by atoms with Gasteiger partial charge in [0.25, 0.3) is 5.56 Å². The Balaban J connectivity index is 2.10. The number of rotatable bonds is 2. The Morgan fingerprint density at radius 3 is 2.54 bits per heavy atom. The molecule has 6 heteroatoms. The number of aryl methyl sites for hydroxylation is 1. The maximum atomic E-state index is 12.6. The highest BCUT2D eigenvalue weighted by atomic mass is 16.5. The molecule has 0 saturated carbocycles. The largest absolute Gasteiger partial charge is 0.465 e. The van der Waals surface area contributed by atoms with Crippen molar-refractivity contribution < 1.29 is 19.1 Å². The Morgan fingerprint density at radius 1 is 1.25 bits per heavy atom. The van der Waals surface area contributed by atoms with E-state index in [1.807, 2.05) is 0 Å². The van der Waals surface area contributed by atoms with Crippen molar-refractivity contribution in [2.75, 3.05) is 7.11 Å². The third kappa shape index (κ3) is 2.60. The molecule has 0 bridgehead atoms. The van der Waals surface area contributed by atoms with Crippen molar-refractivity contribution in [3.63, 3.8) is 0 Å². The van der Waals surface area contributed by atoms with Gasteiger partial charge in [0.05, 0.1) is 24.7 Å². The molecule has 2 aromatic rings. The fourth-order valence-electron chi connectivity index (χ4n) is 2.90. The summed E-state index contributed by atoms with van der Waals surface area (Å²) in [6, 6.07) is 8.42. The van der Waals surface area contributed by atoms with Crippen LogP contribution in [0.5, 0.6) is 5.75 Å². The lowest BCUT2D eigenvalue weighted by atomic mass is 9.86. The summed E-state index contributed by atoms with van der Waals surface area (Å²) in [7, 11) is 3.00. The zero-order valence-corrected chi connectivity index (χ0v) is 13.7. The lowest BCUT2D eigenvalue weighted by Crippen LogP contribution is -2.31. The molecule has 0 saturated heterocycles. The number of pyridine rings is 1. The molecule has 1 unspecified atom stereocenters. The van der Waals surface area contributed by atoms with E-state index < -0.39 is 11.9 Å². The molecule has 0 N–H and O–H groups in total. The van der Waals surface area contributed by atoms with E-state index in [0.29, 0.717) is 22.6 Å². The highest BCUT2D eigenvalue weighted by molar-refractivity contribution is 5.89. The SMILES string of the molecule is COC(=O)c1ccc(C2CC(=O)Oc3cc(C)n(C)c(=O)c32)cc1.